The number of hydrogen-bond donors (Lipinski definition) is 1. The fourth-order valence-corrected chi connectivity index (χ4v) is 3.27. The molecular weight excluding hydrogens is 400 g/mol. The highest BCUT2D eigenvalue weighted by molar-refractivity contribution is 6.01. The van der Waals surface area contributed by atoms with Gasteiger partial charge >= 0.3 is 5.97 Å². The third-order valence-corrected chi connectivity index (χ3v) is 4.85. The molecule has 10 heteroatoms. The molecule has 1 aliphatic heterocycles. The van der Waals surface area contributed by atoms with E-state index in [9.17, 15) is 9.59 Å². The third kappa shape index (κ3) is 4.86. The van der Waals surface area contributed by atoms with E-state index in [0.717, 1.165) is 37.6 Å². The van der Waals surface area contributed by atoms with Gasteiger partial charge in [0.25, 0.3) is 0 Å². The first-order valence-corrected chi connectivity index (χ1v) is 9.82. The monoisotopic (exact) mass is 422 g/mol. The van der Waals surface area contributed by atoms with Crippen molar-refractivity contribution in [2.24, 2.45) is 0 Å². The molecule has 0 bridgehead atoms. The largest absolute Gasteiger partial charge is 0.465 e. The number of methoxy groups -OCH3 is 1. The number of para-hydroxylation sites is 1. The summed E-state index contributed by atoms with van der Waals surface area (Å²) in [6, 6.07) is 14.5. The van der Waals surface area contributed by atoms with Gasteiger partial charge in [-0.15, -0.1) is 10.2 Å². The highest BCUT2D eigenvalue weighted by Crippen LogP contribution is 2.21. The van der Waals surface area contributed by atoms with Crippen LogP contribution in [-0.2, 0) is 20.8 Å². The summed E-state index contributed by atoms with van der Waals surface area (Å²) in [4.78, 5) is 27.7. The molecule has 3 aromatic rings. The van der Waals surface area contributed by atoms with Crippen molar-refractivity contribution in [3.63, 3.8) is 0 Å². The topological polar surface area (TPSA) is 111 Å². The summed E-state index contributed by atoms with van der Waals surface area (Å²) in [6.07, 6.45) is 0. The number of esters is 1. The summed E-state index contributed by atoms with van der Waals surface area (Å²) in [5.41, 5.74) is 2.55. The fourth-order valence-electron chi connectivity index (χ4n) is 3.27. The first-order valence-electron chi connectivity index (χ1n) is 9.82. The van der Waals surface area contributed by atoms with E-state index in [1.54, 1.807) is 24.3 Å². The Balaban J connectivity index is 1.40. The molecule has 0 atom stereocenters. The molecule has 0 spiro atoms. The summed E-state index contributed by atoms with van der Waals surface area (Å²) in [5.74, 6) is -0.489. The Morgan fingerprint density at radius 2 is 1.84 bits per heavy atom. The minimum absolute atomic E-state index is 0.144. The average molecular weight is 422 g/mol. The number of nitrogens with zero attached hydrogens (tertiary/aromatic N) is 5. The van der Waals surface area contributed by atoms with Crippen molar-refractivity contribution in [3.05, 3.63) is 54.1 Å². The number of rotatable bonds is 6. The molecule has 0 saturated carbocycles. The molecule has 0 unspecified atom stereocenters. The normalized spacial score (nSPS) is 13.6. The van der Waals surface area contributed by atoms with Gasteiger partial charge in [-0.05, 0) is 41.6 Å². The minimum atomic E-state index is -0.530. The van der Waals surface area contributed by atoms with Crippen LogP contribution in [-0.4, -0.2) is 65.5 Å². The van der Waals surface area contributed by atoms with Crippen molar-refractivity contribution in [1.29, 1.82) is 0 Å². The van der Waals surface area contributed by atoms with Gasteiger partial charge in [-0.1, -0.05) is 12.1 Å². The zero-order valence-electron chi connectivity index (χ0n) is 17.0. The van der Waals surface area contributed by atoms with Crippen LogP contribution in [0, 0.1) is 0 Å². The van der Waals surface area contributed by atoms with Crippen molar-refractivity contribution in [3.8, 4) is 11.4 Å². The van der Waals surface area contributed by atoms with Crippen molar-refractivity contribution in [2.75, 3.05) is 43.6 Å². The molecule has 1 aliphatic rings. The lowest BCUT2D eigenvalue weighted by Crippen LogP contribution is -2.36. The maximum Gasteiger partial charge on any atom is 0.339 e. The third-order valence-electron chi connectivity index (χ3n) is 4.85. The molecule has 1 aromatic heterocycles. The van der Waals surface area contributed by atoms with Crippen LogP contribution < -0.4 is 10.2 Å². The van der Waals surface area contributed by atoms with Gasteiger partial charge in [0.05, 0.1) is 31.6 Å². The Morgan fingerprint density at radius 1 is 1.10 bits per heavy atom. The van der Waals surface area contributed by atoms with Gasteiger partial charge in [0.15, 0.2) is 0 Å². The van der Waals surface area contributed by atoms with Crippen LogP contribution in [0.2, 0.25) is 0 Å². The van der Waals surface area contributed by atoms with Crippen LogP contribution >= 0.6 is 0 Å². The lowest BCUT2D eigenvalue weighted by atomic mass is 10.2. The summed E-state index contributed by atoms with van der Waals surface area (Å²) in [7, 11) is 1.29. The second-order valence-corrected chi connectivity index (χ2v) is 6.88. The van der Waals surface area contributed by atoms with Gasteiger partial charge in [-0.3, -0.25) is 4.79 Å². The SMILES string of the molecule is COC(=O)c1ccccc1NC(=O)Cn1nnc(-c2ccc(N3CCOCC3)cc2)n1. The molecular formula is C21H22N6O4. The van der Waals surface area contributed by atoms with Gasteiger partial charge in [-0.2, -0.15) is 4.80 Å². The van der Waals surface area contributed by atoms with Crippen LogP contribution in [0.3, 0.4) is 0 Å². The molecule has 2 aromatic carbocycles. The average Bonchev–Trinajstić information content (AvgIpc) is 3.28. The zero-order chi connectivity index (χ0) is 21.6. The maximum absolute atomic E-state index is 12.4. The van der Waals surface area contributed by atoms with Crippen LogP contribution in [0.4, 0.5) is 11.4 Å². The van der Waals surface area contributed by atoms with E-state index in [-0.39, 0.29) is 18.0 Å². The predicted molar refractivity (Wildman–Crippen MR) is 113 cm³/mol. The molecule has 0 aliphatic carbocycles. The van der Waals surface area contributed by atoms with Crippen LogP contribution in [0.15, 0.2) is 48.5 Å². The first-order chi connectivity index (χ1) is 15.1. The van der Waals surface area contributed by atoms with E-state index in [0.29, 0.717) is 11.5 Å². The number of amides is 1. The highest BCUT2D eigenvalue weighted by Gasteiger charge is 2.15. The molecule has 1 amide bonds. The van der Waals surface area contributed by atoms with E-state index >= 15 is 0 Å². The number of benzene rings is 2. The predicted octanol–water partition coefficient (Wildman–Crippen LogP) is 1.60. The fraction of sp³-hybridized carbons (Fsp3) is 0.286. The van der Waals surface area contributed by atoms with Gasteiger partial charge in [0.2, 0.25) is 11.7 Å². The summed E-state index contributed by atoms with van der Waals surface area (Å²) < 4.78 is 10.1. The number of carbonyl (C=O) groups excluding carboxylic acids is 2. The smallest absolute Gasteiger partial charge is 0.339 e. The number of tetrazole rings is 1. The summed E-state index contributed by atoms with van der Waals surface area (Å²) in [6.45, 7) is 3.03. The van der Waals surface area contributed by atoms with Gasteiger partial charge in [0, 0.05) is 24.3 Å². The second kappa shape index (κ2) is 9.35. The van der Waals surface area contributed by atoms with Crippen LogP contribution in [0.25, 0.3) is 11.4 Å². The Labute approximate surface area is 178 Å². The Bertz CT molecular complexity index is 1060. The van der Waals surface area contributed by atoms with Crippen molar-refractivity contribution >= 4 is 23.3 Å². The molecule has 10 nitrogen and oxygen atoms in total. The van der Waals surface area contributed by atoms with Gasteiger partial charge in [0.1, 0.15) is 6.54 Å². The molecule has 160 valence electrons. The van der Waals surface area contributed by atoms with Crippen molar-refractivity contribution in [2.45, 2.75) is 6.54 Å². The van der Waals surface area contributed by atoms with E-state index < -0.39 is 5.97 Å². The zero-order valence-corrected chi connectivity index (χ0v) is 17.0. The molecule has 1 saturated heterocycles. The van der Waals surface area contributed by atoms with E-state index in [1.807, 2.05) is 24.3 Å². The summed E-state index contributed by atoms with van der Waals surface area (Å²) in [5, 5.41) is 15.0. The number of carbonyl (C=O) groups is 2. The number of morpholine rings is 1. The minimum Gasteiger partial charge on any atom is -0.465 e. The number of aromatic nitrogens is 4. The first kappa shape index (κ1) is 20.5. The molecule has 4 rings (SSSR count). The standard InChI is InChI=1S/C21H22N6O4/c1-30-21(29)17-4-2-3-5-18(17)22-19(28)14-27-24-20(23-25-27)15-6-8-16(9-7-15)26-10-12-31-13-11-26/h2-9H,10-14H2,1H3,(H,22,28). The van der Waals surface area contributed by atoms with Gasteiger partial charge < -0.3 is 19.7 Å². The maximum atomic E-state index is 12.4. The lowest BCUT2D eigenvalue weighted by Gasteiger charge is -2.28. The highest BCUT2D eigenvalue weighted by atomic mass is 16.5. The molecule has 31 heavy (non-hydrogen) atoms. The van der Waals surface area contributed by atoms with Crippen molar-refractivity contribution in [1.82, 2.24) is 20.2 Å². The van der Waals surface area contributed by atoms with E-state index in [4.69, 9.17) is 9.47 Å². The molecule has 0 radical (unpaired) electrons. The Morgan fingerprint density at radius 3 is 2.58 bits per heavy atom. The lowest BCUT2D eigenvalue weighted by molar-refractivity contribution is -0.117. The van der Waals surface area contributed by atoms with E-state index in [1.165, 1.54) is 11.9 Å². The Kier molecular flexibility index (Phi) is 6.18. The van der Waals surface area contributed by atoms with Crippen molar-refractivity contribution < 1.29 is 19.1 Å². The summed E-state index contributed by atoms with van der Waals surface area (Å²) >= 11 is 0. The molecule has 1 fully saturated rings. The quantitative estimate of drug-likeness (QED) is 0.597. The number of hydrogen-bond acceptors (Lipinski definition) is 8. The number of ether oxygens (including phenoxy) is 2. The number of nitrogens with one attached hydrogen (secondary N) is 1. The second-order valence-electron chi connectivity index (χ2n) is 6.88. The van der Waals surface area contributed by atoms with E-state index in [2.05, 4.69) is 25.6 Å². The van der Waals surface area contributed by atoms with Crippen LogP contribution in [0.1, 0.15) is 10.4 Å². The number of anilines is 2. The van der Waals surface area contributed by atoms with Gasteiger partial charge in [-0.25, -0.2) is 4.79 Å². The van der Waals surface area contributed by atoms with Crippen LogP contribution in [0.5, 0.6) is 0 Å². The molecule has 2 heterocycles. The molecule has 1 N–H and O–H groups in total. The Hall–Kier alpha value is -3.79.